The van der Waals surface area contributed by atoms with Crippen LogP contribution in [0.1, 0.15) is 37.6 Å². The Morgan fingerprint density at radius 3 is 2.62 bits per heavy atom. The summed E-state index contributed by atoms with van der Waals surface area (Å²) >= 11 is 2.86. The molecule has 0 bridgehead atoms. The second-order valence-corrected chi connectivity index (χ2v) is 9.99. The molecule has 1 amide bonds. The first kappa shape index (κ1) is 24.5. The van der Waals surface area contributed by atoms with Gasteiger partial charge in [0.2, 0.25) is 5.91 Å². The molecule has 3 rings (SSSR count). The van der Waals surface area contributed by atoms with Crippen LogP contribution in [-0.2, 0) is 16.1 Å². The van der Waals surface area contributed by atoms with Crippen molar-refractivity contribution in [1.82, 2.24) is 9.55 Å². The minimum absolute atomic E-state index is 0.00930. The molecule has 0 saturated carbocycles. The van der Waals surface area contributed by atoms with Gasteiger partial charge in [0.05, 0.1) is 11.1 Å². The van der Waals surface area contributed by atoms with Crippen LogP contribution < -0.4 is 10.5 Å². The molecular weight excluding hydrogens is 442 g/mol. The predicted octanol–water partition coefficient (Wildman–Crippen LogP) is 5.04. The number of aryl methyl sites for hydroxylation is 2. The van der Waals surface area contributed by atoms with Crippen molar-refractivity contribution in [2.75, 3.05) is 23.9 Å². The number of thioether (sulfide) groups is 1. The maximum Gasteiger partial charge on any atom is 0.263 e. The fourth-order valence-corrected chi connectivity index (χ4v) is 5.55. The van der Waals surface area contributed by atoms with Crippen molar-refractivity contribution >= 4 is 44.9 Å². The highest BCUT2D eigenvalue weighted by atomic mass is 32.2. The summed E-state index contributed by atoms with van der Waals surface area (Å²) in [6.07, 6.45) is 0.715. The summed E-state index contributed by atoms with van der Waals surface area (Å²) in [7, 11) is 0. The topological polar surface area (TPSA) is 64.4 Å². The number of benzene rings is 1. The zero-order chi connectivity index (χ0) is 23.3. The molecule has 172 valence electrons. The van der Waals surface area contributed by atoms with Gasteiger partial charge in [-0.15, -0.1) is 11.3 Å². The van der Waals surface area contributed by atoms with Crippen molar-refractivity contribution < 1.29 is 9.53 Å². The van der Waals surface area contributed by atoms with Gasteiger partial charge in [-0.2, -0.15) is 0 Å². The van der Waals surface area contributed by atoms with E-state index in [1.807, 2.05) is 65.0 Å². The Kier molecular flexibility index (Phi) is 8.51. The van der Waals surface area contributed by atoms with Crippen LogP contribution in [0.5, 0.6) is 0 Å². The Labute approximate surface area is 197 Å². The number of carbonyl (C=O) groups excluding carboxylic acids is 1. The zero-order valence-electron chi connectivity index (χ0n) is 19.4. The van der Waals surface area contributed by atoms with Crippen molar-refractivity contribution in [3.8, 4) is 0 Å². The molecule has 2 heterocycles. The molecule has 0 unspecified atom stereocenters. The monoisotopic (exact) mass is 473 g/mol. The van der Waals surface area contributed by atoms with Crippen molar-refractivity contribution in [2.24, 2.45) is 0 Å². The van der Waals surface area contributed by atoms with E-state index in [-0.39, 0.29) is 23.3 Å². The minimum Gasteiger partial charge on any atom is -0.382 e. The van der Waals surface area contributed by atoms with E-state index in [0.717, 1.165) is 21.0 Å². The van der Waals surface area contributed by atoms with Crippen LogP contribution in [0.15, 0.2) is 40.3 Å². The number of anilines is 1. The van der Waals surface area contributed by atoms with Crippen LogP contribution in [0.25, 0.3) is 10.2 Å². The summed E-state index contributed by atoms with van der Waals surface area (Å²) in [6, 6.07) is 9.70. The van der Waals surface area contributed by atoms with Crippen molar-refractivity contribution in [3.63, 3.8) is 0 Å². The highest BCUT2D eigenvalue weighted by Gasteiger charge is 2.22. The number of rotatable bonds is 10. The Balaban J connectivity index is 1.89. The number of fused-ring (bicyclic) bond motifs is 1. The lowest BCUT2D eigenvalue weighted by molar-refractivity contribution is -0.116. The third kappa shape index (κ3) is 5.42. The van der Waals surface area contributed by atoms with Gasteiger partial charge in [-0.1, -0.05) is 30.0 Å². The summed E-state index contributed by atoms with van der Waals surface area (Å²) in [4.78, 5) is 34.9. The van der Waals surface area contributed by atoms with Crippen molar-refractivity contribution in [1.29, 1.82) is 0 Å². The molecule has 32 heavy (non-hydrogen) atoms. The Morgan fingerprint density at radius 2 is 1.97 bits per heavy atom. The molecule has 0 aliphatic carbocycles. The van der Waals surface area contributed by atoms with E-state index in [1.165, 1.54) is 23.1 Å². The first-order valence-electron chi connectivity index (χ1n) is 10.9. The average Bonchev–Trinajstić information content (AvgIpc) is 3.05. The molecule has 3 aromatic rings. The summed E-state index contributed by atoms with van der Waals surface area (Å²) in [5, 5.41) is 1.28. The fourth-order valence-electron chi connectivity index (χ4n) is 3.60. The Bertz CT molecular complexity index is 1120. The van der Waals surface area contributed by atoms with Gasteiger partial charge in [-0.3, -0.25) is 14.2 Å². The Morgan fingerprint density at radius 1 is 1.25 bits per heavy atom. The third-order valence-electron chi connectivity index (χ3n) is 5.27. The summed E-state index contributed by atoms with van der Waals surface area (Å²) in [5.41, 5.74) is 1.82. The molecule has 0 fully saturated rings. The van der Waals surface area contributed by atoms with Gasteiger partial charge >= 0.3 is 0 Å². The van der Waals surface area contributed by atoms with E-state index < -0.39 is 0 Å². The van der Waals surface area contributed by atoms with Crippen LogP contribution in [0.3, 0.4) is 0 Å². The molecule has 0 saturated heterocycles. The summed E-state index contributed by atoms with van der Waals surface area (Å²) < 4.78 is 7.16. The van der Waals surface area contributed by atoms with Crippen LogP contribution in [0.4, 0.5) is 5.69 Å². The van der Waals surface area contributed by atoms with Gasteiger partial charge in [-0.25, -0.2) is 4.98 Å². The number of aromatic nitrogens is 2. The van der Waals surface area contributed by atoms with Crippen LogP contribution >= 0.6 is 23.1 Å². The first-order chi connectivity index (χ1) is 15.3. The number of carbonyl (C=O) groups is 1. The van der Waals surface area contributed by atoms with Crippen molar-refractivity contribution in [3.05, 3.63) is 51.1 Å². The molecule has 6 nitrogen and oxygen atoms in total. The standard InChI is InChI=1S/C24H31N3O3S2/c1-6-30-14-10-13-26-23(29)21-17(4)18(5)32-22(21)25-24(26)31-15-20(28)27(16(2)3)19-11-8-7-9-12-19/h7-9,11-12,16H,6,10,13-15H2,1-5H3. The fraction of sp³-hybridized carbons (Fsp3) is 0.458. The van der Waals surface area contributed by atoms with E-state index in [4.69, 9.17) is 9.72 Å². The number of hydrogen-bond acceptors (Lipinski definition) is 6. The second-order valence-electron chi connectivity index (χ2n) is 7.85. The van der Waals surface area contributed by atoms with E-state index in [2.05, 4.69) is 0 Å². The second kappa shape index (κ2) is 11.1. The number of ether oxygens (including phenoxy) is 1. The summed E-state index contributed by atoms with van der Waals surface area (Å²) in [6.45, 7) is 11.7. The molecule has 0 N–H and O–H groups in total. The van der Waals surface area contributed by atoms with E-state index in [1.54, 1.807) is 9.47 Å². The normalized spacial score (nSPS) is 11.4. The van der Waals surface area contributed by atoms with Gasteiger partial charge in [0.25, 0.3) is 5.56 Å². The first-order valence-corrected chi connectivity index (χ1v) is 12.7. The molecule has 0 radical (unpaired) electrons. The quantitative estimate of drug-likeness (QED) is 0.235. The average molecular weight is 474 g/mol. The molecule has 0 atom stereocenters. The summed E-state index contributed by atoms with van der Waals surface area (Å²) in [5.74, 6) is 0.199. The number of nitrogens with zero attached hydrogens (tertiary/aromatic N) is 3. The van der Waals surface area contributed by atoms with Gasteiger partial charge in [-0.05, 0) is 58.7 Å². The maximum atomic E-state index is 13.3. The number of amides is 1. The van der Waals surface area contributed by atoms with Gasteiger partial charge in [0.15, 0.2) is 5.16 Å². The van der Waals surface area contributed by atoms with E-state index in [0.29, 0.717) is 36.7 Å². The van der Waals surface area contributed by atoms with Gasteiger partial charge in [0, 0.05) is 36.4 Å². The third-order valence-corrected chi connectivity index (χ3v) is 7.33. The highest BCUT2D eigenvalue weighted by molar-refractivity contribution is 7.99. The van der Waals surface area contributed by atoms with E-state index in [9.17, 15) is 9.59 Å². The molecule has 0 spiro atoms. The van der Waals surface area contributed by atoms with Gasteiger partial charge < -0.3 is 9.64 Å². The van der Waals surface area contributed by atoms with Crippen LogP contribution in [0, 0.1) is 13.8 Å². The molecule has 2 aromatic heterocycles. The Hall–Kier alpha value is -2.16. The largest absolute Gasteiger partial charge is 0.382 e. The number of thiophene rings is 1. The number of para-hydroxylation sites is 1. The van der Waals surface area contributed by atoms with Crippen LogP contribution in [0.2, 0.25) is 0 Å². The lowest BCUT2D eigenvalue weighted by Crippen LogP contribution is -2.38. The molecular formula is C24H31N3O3S2. The number of hydrogen-bond donors (Lipinski definition) is 0. The highest BCUT2D eigenvalue weighted by Crippen LogP contribution is 2.29. The molecule has 8 heteroatoms. The molecule has 1 aromatic carbocycles. The van der Waals surface area contributed by atoms with Crippen LogP contribution in [-0.4, -0.2) is 40.5 Å². The minimum atomic E-state index is -0.0351. The predicted molar refractivity (Wildman–Crippen MR) is 134 cm³/mol. The lowest BCUT2D eigenvalue weighted by atomic mass is 10.2. The van der Waals surface area contributed by atoms with Gasteiger partial charge in [0.1, 0.15) is 4.83 Å². The SMILES string of the molecule is CCOCCCn1c(SCC(=O)N(c2ccccc2)C(C)C)nc2sc(C)c(C)c2c1=O. The molecule has 0 aliphatic rings. The maximum absolute atomic E-state index is 13.3. The lowest BCUT2D eigenvalue weighted by Gasteiger charge is -2.27. The zero-order valence-corrected chi connectivity index (χ0v) is 21.0. The van der Waals surface area contributed by atoms with Crippen molar-refractivity contribution in [2.45, 2.75) is 58.8 Å². The van der Waals surface area contributed by atoms with E-state index >= 15 is 0 Å². The smallest absolute Gasteiger partial charge is 0.263 e. The molecule has 0 aliphatic heterocycles.